The molecule has 0 unspecified atom stereocenters. The van der Waals surface area contributed by atoms with Gasteiger partial charge in [-0.15, -0.1) is 0 Å². The van der Waals surface area contributed by atoms with Crippen LogP contribution in [0.5, 0.6) is 11.5 Å². The second-order valence-electron chi connectivity index (χ2n) is 2.80. The fourth-order valence-corrected chi connectivity index (χ4v) is 1.06. The molecule has 0 aliphatic carbocycles. The van der Waals surface area contributed by atoms with Gasteiger partial charge in [-0.25, -0.2) is 0 Å². The lowest BCUT2D eigenvalue weighted by Gasteiger charge is -2.06. The Bertz CT molecular complexity index is 284. The molecule has 3 heteroatoms. The van der Waals surface area contributed by atoms with Crippen LogP contribution in [-0.4, -0.2) is 17.3 Å². The minimum absolute atomic E-state index is 0.220. The summed E-state index contributed by atoms with van der Waals surface area (Å²) in [6, 6.07) is 3.13. The van der Waals surface area contributed by atoms with Crippen molar-refractivity contribution < 1.29 is 10.2 Å². The third-order valence-electron chi connectivity index (χ3n) is 1.76. The van der Waals surface area contributed by atoms with Crippen LogP contribution in [0, 0.1) is 6.92 Å². The van der Waals surface area contributed by atoms with E-state index in [4.69, 9.17) is 0 Å². The number of nitrogens with one attached hydrogen (secondary N) is 1. The Kier molecular flexibility index (Phi) is 2.55. The molecule has 0 amide bonds. The van der Waals surface area contributed by atoms with Gasteiger partial charge in [0.2, 0.25) is 0 Å². The number of rotatable bonds is 2. The molecule has 0 atom stereocenters. The number of hydrogen-bond acceptors (Lipinski definition) is 3. The maximum atomic E-state index is 9.40. The van der Waals surface area contributed by atoms with Crippen molar-refractivity contribution in [1.82, 2.24) is 5.32 Å². The molecule has 0 spiro atoms. The van der Waals surface area contributed by atoms with Crippen molar-refractivity contribution in [1.29, 1.82) is 0 Å². The van der Waals surface area contributed by atoms with Crippen LogP contribution in [0.2, 0.25) is 0 Å². The molecule has 0 fully saturated rings. The molecule has 0 aliphatic heterocycles. The predicted octanol–water partition coefficient (Wildman–Crippen LogP) is 1.13. The fourth-order valence-electron chi connectivity index (χ4n) is 1.06. The van der Waals surface area contributed by atoms with Crippen LogP contribution in [0.3, 0.4) is 0 Å². The summed E-state index contributed by atoms with van der Waals surface area (Å²) < 4.78 is 0. The first kappa shape index (κ1) is 8.87. The number of hydrogen-bond donors (Lipinski definition) is 3. The maximum Gasteiger partial charge on any atom is 0.120 e. The lowest BCUT2D eigenvalue weighted by Crippen LogP contribution is -2.05. The molecule has 0 aliphatic rings. The molecule has 0 radical (unpaired) electrons. The number of phenolic OH excluding ortho intramolecular Hbond substituents is 2. The number of aromatic hydroxyl groups is 2. The minimum atomic E-state index is 0.220. The average Bonchev–Trinajstić information content (AvgIpc) is 2.01. The number of aryl methyl sites for hydroxylation is 1. The summed E-state index contributed by atoms with van der Waals surface area (Å²) in [5, 5.41) is 21.6. The van der Waals surface area contributed by atoms with Crippen molar-refractivity contribution in [3.63, 3.8) is 0 Å². The summed E-state index contributed by atoms with van der Waals surface area (Å²) in [5.41, 5.74) is 1.40. The van der Waals surface area contributed by atoms with Gasteiger partial charge in [-0.3, -0.25) is 0 Å². The van der Waals surface area contributed by atoms with Gasteiger partial charge >= 0.3 is 0 Å². The highest BCUT2D eigenvalue weighted by molar-refractivity contribution is 5.44. The van der Waals surface area contributed by atoms with Gasteiger partial charge in [0.15, 0.2) is 0 Å². The molecule has 0 saturated heterocycles. The SMILES string of the molecule is CNCc1cc(O)c(C)cc1O. The first-order valence-electron chi connectivity index (χ1n) is 3.81. The Labute approximate surface area is 71.7 Å². The van der Waals surface area contributed by atoms with Crippen molar-refractivity contribution >= 4 is 0 Å². The van der Waals surface area contributed by atoms with Gasteiger partial charge < -0.3 is 15.5 Å². The Morgan fingerprint density at radius 1 is 1.25 bits per heavy atom. The van der Waals surface area contributed by atoms with E-state index in [2.05, 4.69) is 5.32 Å². The van der Waals surface area contributed by atoms with E-state index < -0.39 is 0 Å². The van der Waals surface area contributed by atoms with Crippen LogP contribution in [-0.2, 0) is 6.54 Å². The number of benzene rings is 1. The van der Waals surface area contributed by atoms with Crippen molar-refractivity contribution in [2.24, 2.45) is 0 Å². The Balaban J connectivity index is 3.05. The van der Waals surface area contributed by atoms with Gasteiger partial charge in [0, 0.05) is 12.1 Å². The quantitative estimate of drug-likeness (QED) is 0.579. The Morgan fingerprint density at radius 2 is 1.92 bits per heavy atom. The van der Waals surface area contributed by atoms with Crippen molar-refractivity contribution in [3.8, 4) is 11.5 Å². The third-order valence-corrected chi connectivity index (χ3v) is 1.76. The average molecular weight is 167 g/mol. The van der Waals surface area contributed by atoms with E-state index in [1.807, 2.05) is 0 Å². The van der Waals surface area contributed by atoms with Crippen LogP contribution < -0.4 is 5.32 Å². The Hall–Kier alpha value is -1.22. The van der Waals surface area contributed by atoms with Gasteiger partial charge in [-0.2, -0.15) is 0 Å². The molecular weight excluding hydrogens is 154 g/mol. The van der Waals surface area contributed by atoms with E-state index >= 15 is 0 Å². The van der Waals surface area contributed by atoms with Gasteiger partial charge in [0.05, 0.1) is 0 Å². The first-order valence-corrected chi connectivity index (χ1v) is 3.81. The second kappa shape index (κ2) is 3.45. The molecule has 1 aromatic rings. The monoisotopic (exact) mass is 167 g/mol. The molecule has 12 heavy (non-hydrogen) atoms. The molecule has 3 nitrogen and oxygen atoms in total. The molecule has 3 N–H and O–H groups in total. The molecule has 0 saturated carbocycles. The van der Waals surface area contributed by atoms with Crippen molar-refractivity contribution in [2.75, 3.05) is 7.05 Å². The van der Waals surface area contributed by atoms with Crippen LogP contribution in [0.4, 0.5) is 0 Å². The van der Waals surface area contributed by atoms with Crippen LogP contribution in [0.1, 0.15) is 11.1 Å². The summed E-state index contributed by atoms with van der Waals surface area (Å²) in [6.07, 6.45) is 0. The largest absolute Gasteiger partial charge is 0.508 e. The Morgan fingerprint density at radius 3 is 2.50 bits per heavy atom. The molecule has 0 heterocycles. The van der Waals surface area contributed by atoms with Gasteiger partial charge in [-0.05, 0) is 31.7 Å². The highest BCUT2D eigenvalue weighted by atomic mass is 16.3. The lowest BCUT2D eigenvalue weighted by atomic mass is 10.1. The van der Waals surface area contributed by atoms with E-state index in [-0.39, 0.29) is 11.5 Å². The highest BCUT2D eigenvalue weighted by Gasteiger charge is 2.03. The summed E-state index contributed by atoms with van der Waals surface area (Å²) in [4.78, 5) is 0. The van der Waals surface area contributed by atoms with Crippen LogP contribution >= 0.6 is 0 Å². The maximum absolute atomic E-state index is 9.40. The van der Waals surface area contributed by atoms with E-state index in [9.17, 15) is 10.2 Å². The summed E-state index contributed by atoms with van der Waals surface area (Å²) in [5.74, 6) is 0.442. The third kappa shape index (κ3) is 1.68. The standard InChI is InChI=1S/C9H13NO2/c1-6-3-9(12)7(5-10-2)4-8(6)11/h3-4,10-12H,5H2,1-2H3. The molecule has 66 valence electrons. The lowest BCUT2D eigenvalue weighted by molar-refractivity contribution is 0.449. The van der Waals surface area contributed by atoms with Crippen molar-refractivity contribution in [3.05, 3.63) is 23.3 Å². The zero-order chi connectivity index (χ0) is 9.14. The fraction of sp³-hybridized carbons (Fsp3) is 0.333. The normalized spacial score (nSPS) is 10.2. The molecule has 1 aromatic carbocycles. The minimum Gasteiger partial charge on any atom is -0.508 e. The summed E-state index contributed by atoms with van der Waals surface area (Å²) in [7, 11) is 1.79. The zero-order valence-electron chi connectivity index (χ0n) is 7.26. The summed E-state index contributed by atoms with van der Waals surface area (Å²) in [6.45, 7) is 2.30. The van der Waals surface area contributed by atoms with Gasteiger partial charge in [0.1, 0.15) is 11.5 Å². The molecular formula is C9H13NO2. The van der Waals surface area contributed by atoms with E-state index in [1.54, 1.807) is 26.1 Å². The van der Waals surface area contributed by atoms with Gasteiger partial charge in [0.25, 0.3) is 0 Å². The van der Waals surface area contributed by atoms with Gasteiger partial charge in [-0.1, -0.05) is 0 Å². The van der Waals surface area contributed by atoms with Crippen LogP contribution in [0.25, 0.3) is 0 Å². The highest BCUT2D eigenvalue weighted by Crippen LogP contribution is 2.25. The molecule has 1 rings (SSSR count). The van der Waals surface area contributed by atoms with E-state index in [0.29, 0.717) is 17.7 Å². The topological polar surface area (TPSA) is 52.5 Å². The van der Waals surface area contributed by atoms with E-state index in [0.717, 1.165) is 0 Å². The number of phenols is 2. The predicted molar refractivity (Wildman–Crippen MR) is 47.3 cm³/mol. The second-order valence-corrected chi connectivity index (χ2v) is 2.80. The molecule has 0 bridgehead atoms. The van der Waals surface area contributed by atoms with Crippen molar-refractivity contribution in [2.45, 2.75) is 13.5 Å². The smallest absolute Gasteiger partial charge is 0.120 e. The first-order chi connectivity index (χ1) is 5.65. The molecule has 0 aromatic heterocycles. The zero-order valence-corrected chi connectivity index (χ0v) is 7.26. The van der Waals surface area contributed by atoms with Crippen LogP contribution in [0.15, 0.2) is 12.1 Å². The summed E-state index contributed by atoms with van der Waals surface area (Å²) >= 11 is 0. The van der Waals surface area contributed by atoms with E-state index in [1.165, 1.54) is 0 Å².